The summed E-state index contributed by atoms with van der Waals surface area (Å²) in [4.78, 5) is 0. The molecule has 1 atom stereocenters. The number of benzene rings is 11. The monoisotopic (exact) mass is 798 g/mol. The lowest BCUT2D eigenvalue weighted by atomic mass is 9.70. The minimum atomic E-state index is -0.438. The molecule has 1 spiro atoms. The van der Waals surface area contributed by atoms with E-state index >= 15 is 0 Å². The minimum Gasteiger partial charge on any atom is -0.456 e. The molecule has 1 unspecified atom stereocenters. The van der Waals surface area contributed by atoms with Crippen molar-refractivity contribution in [1.82, 2.24) is 0 Å². The van der Waals surface area contributed by atoms with Gasteiger partial charge < -0.3 is 9.15 Å². The quantitative estimate of drug-likeness (QED) is 0.174. The van der Waals surface area contributed by atoms with Crippen LogP contribution in [0.3, 0.4) is 0 Å². The summed E-state index contributed by atoms with van der Waals surface area (Å²) in [5.74, 6) is 1.75. The van der Waals surface area contributed by atoms with Gasteiger partial charge in [0.05, 0.1) is 5.41 Å². The van der Waals surface area contributed by atoms with E-state index in [0.29, 0.717) is 0 Å². The van der Waals surface area contributed by atoms with E-state index in [0.717, 1.165) is 66.5 Å². The van der Waals surface area contributed by atoms with Gasteiger partial charge in [-0.05, 0) is 142 Å². The van der Waals surface area contributed by atoms with Crippen molar-refractivity contribution in [2.45, 2.75) is 5.41 Å². The second-order valence-corrected chi connectivity index (χ2v) is 17.4. The molecule has 63 heavy (non-hydrogen) atoms. The highest BCUT2D eigenvalue weighted by atomic mass is 16.5. The first-order valence-corrected chi connectivity index (χ1v) is 21.8. The van der Waals surface area contributed by atoms with Crippen LogP contribution < -0.4 is 4.74 Å². The van der Waals surface area contributed by atoms with Crippen molar-refractivity contribution in [2.75, 3.05) is 0 Å². The van der Waals surface area contributed by atoms with Gasteiger partial charge in [-0.3, -0.25) is 0 Å². The predicted molar refractivity (Wildman–Crippen MR) is 259 cm³/mol. The number of furan rings is 1. The van der Waals surface area contributed by atoms with Crippen molar-refractivity contribution >= 4 is 54.3 Å². The zero-order valence-electron chi connectivity index (χ0n) is 33.9. The van der Waals surface area contributed by atoms with Gasteiger partial charge in [0.1, 0.15) is 22.7 Å². The standard InChI is InChI=1S/C61H34O2/c1-2-13-37-34-57-49(32-36(37)12-1)60-45(19-10-22-55(60)63-57)41-27-30-56-59-44(41)17-9-18-46(59)48-31-38(25-29-54(48)62-56)39-23-26-43-42-15-5-7-20-50(42)61(53(43)33-39)51-21-8-6-16-47(51)58-40-14-4-3-11-35(40)24-28-52(58)61/h1-34H. The van der Waals surface area contributed by atoms with Crippen LogP contribution >= 0.6 is 0 Å². The van der Waals surface area contributed by atoms with Gasteiger partial charge in [-0.15, -0.1) is 0 Å². The topological polar surface area (TPSA) is 22.4 Å². The van der Waals surface area contributed by atoms with E-state index in [-0.39, 0.29) is 0 Å². The average Bonchev–Trinajstić information content (AvgIpc) is 3.97. The molecule has 0 bridgehead atoms. The summed E-state index contributed by atoms with van der Waals surface area (Å²) in [6.07, 6.45) is 0. The molecule has 0 N–H and O–H groups in total. The number of rotatable bonds is 2. The summed E-state index contributed by atoms with van der Waals surface area (Å²) in [6, 6.07) is 76.0. The van der Waals surface area contributed by atoms with Gasteiger partial charge in [0.25, 0.3) is 0 Å². The molecular formula is C61H34O2. The number of hydrogen-bond acceptors (Lipinski definition) is 2. The first-order chi connectivity index (χ1) is 31.2. The smallest absolute Gasteiger partial charge is 0.136 e. The number of fused-ring (bicyclic) bond motifs is 18. The van der Waals surface area contributed by atoms with E-state index < -0.39 is 5.41 Å². The van der Waals surface area contributed by atoms with Crippen LogP contribution in [-0.2, 0) is 5.41 Å². The Kier molecular flexibility index (Phi) is 6.38. The van der Waals surface area contributed by atoms with E-state index in [1.807, 2.05) is 0 Å². The third-order valence-corrected chi connectivity index (χ3v) is 14.5. The Balaban J connectivity index is 0.915. The van der Waals surface area contributed by atoms with Gasteiger partial charge in [-0.2, -0.15) is 0 Å². The van der Waals surface area contributed by atoms with Gasteiger partial charge >= 0.3 is 0 Å². The molecule has 11 aromatic carbocycles. The van der Waals surface area contributed by atoms with Crippen LogP contribution in [0.4, 0.5) is 0 Å². The molecule has 2 heterocycles. The Morgan fingerprint density at radius 2 is 0.937 bits per heavy atom. The van der Waals surface area contributed by atoms with Crippen LogP contribution in [0.15, 0.2) is 211 Å². The maximum atomic E-state index is 6.81. The molecule has 0 saturated carbocycles. The highest BCUT2D eigenvalue weighted by Crippen LogP contribution is 2.64. The molecule has 0 saturated heterocycles. The zero-order chi connectivity index (χ0) is 41.0. The SMILES string of the molecule is c1ccc2c(c1)-c1ccc(-c3ccc4c(c3)-c3cccc5c(-c6cccc7oc8cc9ccccc9cc8c67)ccc(c35)O4)cc1C21c2ccccc2-c2c1ccc1ccccc21. The maximum absolute atomic E-state index is 6.81. The van der Waals surface area contributed by atoms with Crippen LogP contribution in [0.5, 0.6) is 11.5 Å². The van der Waals surface area contributed by atoms with Gasteiger partial charge in [-0.25, -0.2) is 0 Å². The summed E-state index contributed by atoms with van der Waals surface area (Å²) < 4.78 is 13.3. The van der Waals surface area contributed by atoms with Gasteiger partial charge in [0.2, 0.25) is 0 Å². The van der Waals surface area contributed by atoms with Crippen LogP contribution in [0.1, 0.15) is 22.3 Å². The Morgan fingerprint density at radius 1 is 0.302 bits per heavy atom. The largest absolute Gasteiger partial charge is 0.456 e. The van der Waals surface area contributed by atoms with Crippen LogP contribution in [0, 0.1) is 0 Å². The van der Waals surface area contributed by atoms with Crippen LogP contribution in [0.2, 0.25) is 0 Å². The van der Waals surface area contributed by atoms with E-state index in [4.69, 9.17) is 9.15 Å². The minimum absolute atomic E-state index is 0.438. The second-order valence-electron chi connectivity index (χ2n) is 17.4. The lowest BCUT2D eigenvalue weighted by Gasteiger charge is -2.31. The van der Waals surface area contributed by atoms with Crippen LogP contribution in [0.25, 0.3) is 110 Å². The summed E-state index contributed by atoms with van der Waals surface area (Å²) in [6.45, 7) is 0. The van der Waals surface area contributed by atoms with Crippen LogP contribution in [-0.4, -0.2) is 0 Å². The molecule has 290 valence electrons. The summed E-state index contributed by atoms with van der Waals surface area (Å²) in [7, 11) is 0. The molecule has 2 nitrogen and oxygen atoms in total. The zero-order valence-corrected chi connectivity index (χ0v) is 33.9. The normalized spacial score (nSPS) is 15.2. The van der Waals surface area contributed by atoms with Crippen molar-refractivity contribution in [3.8, 4) is 67.1 Å². The molecule has 0 radical (unpaired) electrons. The number of hydrogen-bond donors (Lipinski definition) is 0. The average molecular weight is 799 g/mol. The molecule has 2 heteroatoms. The lowest BCUT2D eigenvalue weighted by molar-refractivity contribution is 0.487. The molecule has 12 aromatic rings. The van der Waals surface area contributed by atoms with E-state index in [1.54, 1.807) is 0 Å². The summed E-state index contributed by atoms with van der Waals surface area (Å²) in [5, 5.41) is 9.50. The Labute approximate surface area is 362 Å². The Morgan fingerprint density at radius 3 is 1.83 bits per heavy atom. The summed E-state index contributed by atoms with van der Waals surface area (Å²) >= 11 is 0. The van der Waals surface area contributed by atoms with E-state index in [9.17, 15) is 0 Å². The second kappa shape index (κ2) is 12.0. The molecule has 0 amide bonds. The molecule has 2 aliphatic carbocycles. The third kappa shape index (κ3) is 4.27. The molecule has 0 fully saturated rings. The first kappa shape index (κ1) is 33.5. The van der Waals surface area contributed by atoms with Gasteiger partial charge in [-0.1, -0.05) is 164 Å². The lowest BCUT2D eigenvalue weighted by Crippen LogP contribution is -2.25. The van der Waals surface area contributed by atoms with Crippen molar-refractivity contribution in [3.05, 3.63) is 229 Å². The summed E-state index contributed by atoms with van der Waals surface area (Å²) in [5.41, 5.74) is 19.0. The van der Waals surface area contributed by atoms with Crippen molar-refractivity contribution in [2.24, 2.45) is 0 Å². The molecule has 1 aliphatic heterocycles. The molecule has 3 aliphatic rings. The van der Waals surface area contributed by atoms with Crippen molar-refractivity contribution in [1.29, 1.82) is 0 Å². The first-order valence-electron chi connectivity index (χ1n) is 21.8. The van der Waals surface area contributed by atoms with Crippen molar-refractivity contribution < 1.29 is 9.15 Å². The van der Waals surface area contributed by atoms with Crippen molar-refractivity contribution in [3.63, 3.8) is 0 Å². The predicted octanol–water partition coefficient (Wildman–Crippen LogP) is 16.5. The van der Waals surface area contributed by atoms with Gasteiger partial charge in [0.15, 0.2) is 0 Å². The third-order valence-electron chi connectivity index (χ3n) is 14.5. The Bertz CT molecular complexity index is 4020. The Hall–Kier alpha value is -8.20. The highest BCUT2D eigenvalue weighted by molar-refractivity contribution is 6.19. The van der Waals surface area contributed by atoms with E-state index in [2.05, 4.69) is 206 Å². The maximum Gasteiger partial charge on any atom is 0.136 e. The molecule has 1 aromatic heterocycles. The van der Waals surface area contributed by atoms with E-state index in [1.165, 1.54) is 77.2 Å². The highest BCUT2D eigenvalue weighted by Gasteiger charge is 2.52. The molecule has 15 rings (SSSR count). The number of ether oxygens (including phenoxy) is 1. The fourth-order valence-corrected chi connectivity index (χ4v) is 11.9. The fourth-order valence-electron chi connectivity index (χ4n) is 11.9. The molecular weight excluding hydrogens is 765 g/mol. The van der Waals surface area contributed by atoms with Gasteiger partial charge in [0, 0.05) is 21.7 Å². The fraction of sp³-hybridized carbons (Fsp3) is 0.0164.